The number of rotatable bonds is 3. The smallest absolute Gasteiger partial charge is 0.0705 e. The Kier molecular flexibility index (Phi) is 5.27. The minimum atomic E-state index is 1.15. The third-order valence-electron chi connectivity index (χ3n) is 5.79. The molecule has 0 bridgehead atoms. The minimum absolute atomic E-state index is 1.15. The van der Waals surface area contributed by atoms with Gasteiger partial charge in [0.05, 0.1) is 7.57 Å². The van der Waals surface area contributed by atoms with Gasteiger partial charge in [-0.3, -0.25) is 0 Å². The SMILES string of the molecule is Brc1ccc(-c2ccc3ccccc3c2-c2c(-c3ccc(Br)s3)ccc3ccccc23)s1. The predicted molar refractivity (Wildman–Crippen MR) is 149 cm³/mol. The summed E-state index contributed by atoms with van der Waals surface area (Å²) in [5.74, 6) is 0. The van der Waals surface area contributed by atoms with E-state index < -0.39 is 0 Å². The lowest BCUT2D eigenvalue weighted by Gasteiger charge is -2.18. The van der Waals surface area contributed by atoms with E-state index in [0.29, 0.717) is 0 Å². The maximum Gasteiger partial charge on any atom is 0.0705 e. The Morgan fingerprint density at radius 1 is 0.438 bits per heavy atom. The van der Waals surface area contributed by atoms with E-state index >= 15 is 0 Å². The summed E-state index contributed by atoms with van der Waals surface area (Å²) in [6.45, 7) is 0. The van der Waals surface area contributed by atoms with Gasteiger partial charge in [0.15, 0.2) is 0 Å². The molecule has 0 aliphatic carbocycles. The van der Waals surface area contributed by atoms with Crippen molar-refractivity contribution >= 4 is 76.1 Å². The first kappa shape index (κ1) is 20.4. The van der Waals surface area contributed by atoms with Crippen LogP contribution in [0.2, 0.25) is 0 Å². The van der Waals surface area contributed by atoms with Crippen LogP contribution in [0.3, 0.4) is 0 Å². The van der Waals surface area contributed by atoms with Gasteiger partial charge >= 0.3 is 0 Å². The number of halogens is 2. The van der Waals surface area contributed by atoms with Crippen molar-refractivity contribution in [3.63, 3.8) is 0 Å². The van der Waals surface area contributed by atoms with E-state index in [4.69, 9.17) is 0 Å². The van der Waals surface area contributed by atoms with Crippen LogP contribution >= 0.6 is 54.5 Å². The zero-order valence-corrected chi connectivity index (χ0v) is 21.6. The Bertz CT molecular complexity index is 1490. The standard InChI is InChI=1S/C28H16Br2S2/c29-25-15-13-23(31-25)21-11-9-17-5-1-3-7-19(17)27(21)28-20-8-4-2-6-18(20)10-12-22(28)24-14-16-26(30)32-24/h1-16H. The summed E-state index contributed by atoms with van der Waals surface area (Å²) in [4.78, 5) is 2.53. The molecule has 154 valence electrons. The first-order valence-electron chi connectivity index (χ1n) is 10.2. The van der Waals surface area contributed by atoms with E-state index in [1.165, 1.54) is 53.6 Å². The molecule has 4 heteroatoms. The number of hydrogen-bond acceptors (Lipinski definition) is 2. The molecule has 6 rings (SSSR count). The van der Waals surface area contributed by atoms with E-state index in [1.807, 2.05) is 0 Å². The molecule has 0 nitrogen and oxygen atoms in total. The van der Waals surface area contributed by atoms with E-state index in [-0.39, 0.29) is 0 Å². The normalized spacial score (nSPS) is 11.4. The monoisotopic (exact) mass is 574 g/mol. The predicted octanol–water partition coefficient (Wildman–Crippen LogP) is 10.6. The summed E-state index contributed by atoms with van der Waals surface area (Å²) in [5.41, 5.74) is 5.14. The maximum atomic E-state index is 3.67. The van der Waals surface area contributed by atoms with Crippen LogP contribution in [0.1, 0.15) is 0 Å². The first-order valence-corrected chi connectivity index (χ1v) is 13.5. The molecule has 0 fully saturated rings. The average molecular weight is 576 g/mol. The second-order valence-corrected chi connectivity index (χ2v) is 12.6. The lowest BCUT2D eigenvalue weighted by molar-refractivity contribution is 1.67. The van der Waals surface area contributed by atoms with E-state index in [0.717, 1.165) is 7.57 Å². The molecule has 0 N–H and O–H groups in total. The van der Waals surface area contributed by atoms with Gasteiger partial charge in [-0.05, 0) is 88.8 Å². The largest absolute Gasteiger partial charge is 0.128 e. The van der Waals surface area contributed by atoms with Gasteiger partial charge in [0, 0.05) is 20.9 Å². The summed E-state index contributed by atoms with van der Waals surface area (Å²) in [7, 11) is 0. The van der Waals surface area contributed by atoms with E-state index in [9.17, 15) is 0 Å². The maximum absolute atomic E-state index is 3.67. The van der Waals surface area contributed by atoms with Crippen LogP contribution < -0.4 is 0 Å². The fraction of sp³-hybridized carbons (Fsp3) is 0. The molecule has 0 amide bonds. The van der Waals surface area contributed by atoms with Crippen molar-refractivity contribution in [1.29, 1.82) is 0 Å². The van der Waals surface area contributed by atoms with Crippen molar-refractivity contribution in [1.82, 2.24) is 0 Å². The van der Waals surface area contributed by atoms with Crippen LogP contribution in [0.4, 0.5) is 0 Å². The fourth-order valence-corrected chi connectivity index (χ4v) is 7.25. The van der Waals surface area contributed by atoms with Gasteiger partial charge in [0.25, 0.3) is 0 Å². The van der Waals surface area contributed by atoms with E-state index in [2.05, 4.69) is 129 Å². The Balaban J connectivity index is 1.81. The second-order valence-electron chi connectivity index (χ2n) is 7.63. The minimum Gasteiger partial charge on any atom is -0.128 e. The summed E-state index contributed by atoms with van der Waals surface area (Å²) in [6, 6.07) is 35.2. The highest BCUT2D eigenvalue weighted by Gasteiger charge is 2.20. The molecule has 2 heterocycles. The molecular formula is C28H16Br2S2. The molecule has 0 radical (unpaired) electrons. The highest BCUT2D eigenvalue weighted by atomic mass is 79.9. The van der Waals surface area contributed by atoms with Crippen LogP contribution in [0.5, 0.6) is 0 Å². The molecule has 0 unspecified atom stereocenters. The van der Waals surface area contributed by atoms with E-state index in [1.54, 1.807) is 22.7 Å². The Morgan fingerprint density at radius 3 is 1.28 bits per heavy atom. The number of hydrogen-bond donors (Lipinski definition) is 0. The van der Waals surface area contributed by atoms with Gasteiger partial charge < -0.3 is 0 Å². The Labute approximate surface area is 211 Å². The summed E-state index contributed by atoms with van der Waals surface area (Å²) in [5, 5.41) is 5.08. The van der Waals surface area contributed by atoms with Gasteiger partial charge in [-0.25, -0.2) is 0 Å². The van der Waals surface area contributed by atoms with Gasteiger partial charge in [-0.15, -0.1) is 22.7 Å². The zero-order valence-electron chi connectivity index (χ0n) is 16.8. The van der Waals surface area contributed by atoms with Crippen molar-refractivity contribution in [3.8, 4) is 32.0 Å². The lowest BCUT2D eigenvalue weighted by Crippen LogP contribution is -1.91. The van der Waals surface area contributed by atoms with Gasteiger partial charge in [0.1, 0.15) is 0 Å². The molecule has 0 aliphatic rings. The Hall–Kier alpha value is -2.24. The van der Waals surface area contributed by atoms with Crippen LogP contribution in [0, 0.1) is 0 Å². The molecule has 0 aliphatic heterocycles. The number of fused-ring (bicyclic) bond motifs is 2. The van der Waals surface area contributed by atoms with Crippen molar-refractivity contribution < 1.29 is 0 Å². The Morgan fingerprint density at radius 2 is 0.875 bits per heavy atom. The van der Waals surface area contributed by atoms with Crippen molar-refractivity contribution in [2.45, 2.75) is 0 Å². The summed E-state index contributed by atoms with van der Waals surface area (Å²) in [6.07, 6.45) is 0. The quantitative estimate of drug-likeness (QED) is 0.197. The summed E-state index contributed by atoms with van der Waals surface area (Å²) < 4.78 is 2.29. The molecule has 4 aromatic carbocycles. The number of benzene rings is 4. The molecule has 32 heavy (non-hydrogen) atoms. The van der Waals surface area contributed by atoms with Crippen molar-refractivity contribution in [3.05, 3.63) is 105 Å². The summed E-state index contributed by atoms with van der Waals surface area (Å²) >= 11 is 10.9. The molecule has 0 saturated heterocycles. The van der Waals surface area contributed by atoms with Crippen molar-refractivity contribution in [2.24, 2.45) is 0 Å². The van der Waals surface area contributed by atoms with Crippen LogP contribution in [0.15, 0.2) is 105 Å². The highest BCUT2D eigenvalue weighted by Crippen LogP contribution is 2.48. The third-order valence-corrected chi connectivity index (χ3v) is 9.10. The average Bonchev–Trinajstić information content (AvgIpc) is 3.46. The number of thiophene rings is 2. The topological polar surface area (TPSA) is 0 Å². The molecule has 0 atom stereocenters. The molecule has 0 saturated carbocycles. The second kappa shape index (κ2) is 8.27. The molecule has 2 aromatic heterocycles. The van der Waals surface area contributed by atoms with Crippen LogP contribution in [-0.2, 0) is 0 Å². The van der Waals surface area contributed by atoms with Gasteiger partial charge in [0.2, 0.25) is 0 Å². The fourth-order valence-electron chi connectivity index (χ4n) is 4.41. The van der Waals surface area contributed by atoms with Crippen LogP contribution in [-0.4, -0.2) is 0 Å². The molecule has 0 spiro atoms. The van der Waals surface area contributed by atoms with Crippen LogP contribution in [0.25, 0.3) is 53.6 Å². The highest BCUT2D eigenvalue weighted by molar-refractivity contribution is 9.11. The lowest BCUT2D eigenvalue weighted by atomic mass is 9.86. The van der Waals surface area contributed by atoms with Gasteiger partial charge in [-0.2, -0.15) is 0 Å². The molecule has 6 aromatic rings. The zero-order chi connectivity index (χ0) is 21.7. The first-order chi connectivity index (χ1) is 15.7. The van der Waals surface area contributed by atoms with Gasteiger partial charge in [-0.1, -0.05) is 72.8 Å². The third kappa shape index (κ3) is 3.46. The molecular weight excluding hydrogens is 560 g/mol. The van der Waals surface area contributed by atoms with Crippen molar-refractivity contribution in [2.75, 3.05) is 0 Å².